The van der Waals surface area contributed by atoms with Crippen LogP contribution in [0.4, 0.5) is 0 Å². The standard InChI is InChI=1S/C18H24N4OS/c1-3-9-20-17(23)15-7-4-6-14(11-15)12-21-18(19-2)22-13-16-8-5-10-24-16/h4-8,10-11H,3,9,12-13H2,1-2H3,(H,20,23)(H2,19,21,22). The third-order valence-corrected chi connectivity index (χ3v) is 4.29. The van der Waals surface area contributed by atoms with Crippen LogP contribution in [0.15, 0.2) is 46.8 Å². The maximum absolute atomic E-state index is 12.0. The lowest BCUT2D eigenvalue weighted by molar-refractivity contribution is 0.0953. The third kappa shape index (κ3) is 5.70. The van der Waals surface area contributed by atoms with Gasteiger partial charge in [0.2, 0.25) is 0 Å². The first-order valence-corrected chi connectivity index (χ1v) is 8.95. The molecule has 1 amide bonds. The van der Waals surface area contributed by atoms with Gasteiger partial charge in [0, 0.05) is 30.6 Å². The van der Waals surface area contributed by atoms with Gasteiger partial charge in [0.25, 0.3) is 5.91 Å². The number of nitrogens with one attached hydrogen (secondary N) is 3. The van der Waals surface area contributed by atoms with Gasteiger partial charge < -0.3 is 16.0 Å². The molecular formula is C18H24N4OS. The number of aliphatic imine (C=N–C) groups is 1. The lowest BCUT2D eigenvalue weighted by atomic mass is 10.1. The van der Waals surface area contributed by atoms with Crippen molar-refractivity contribution in [1.82, 2.24) is 16.0 Å². The molecule has 6 heteroatoms. The zero-order valence-corrected chi connectivity index (χ0v) is 15.0. The first-order chi connectivity index (χ1) is 11.7. The zero-order valence-electron chi connectivity index (χ0n) is 14.1. The number of carbonyl (C=O) groups excluding carboxylic acids is 1. The number of amides is 1. The van der Waals surface area contributed by atoms with Crippen molar-refractivity contribution in [2.75, 3.05) is 13.6 Å². The van der Waals surface area contributed by atoms with Crippen molar-refractivity contribution < 1.29 is 4.79 Å². The van der Waals surface area contributed by atoms with Crippen molar-refractivity contribution in [3.05, 3.63) is 57.8 Å². The molecule has 1 heterocycles. The van der Waals surface area contributed by atoms with Crippen LogP contribution in [0, 0.1) is 0 Å². The average Bonchev–Trinajstić information content (AvgIpc) is 3.13. The van der Waals surface area contributed by atoms with Gasteiger partial charge in [-0.1, -0.05) is 25.1 Å². The lowest BCUT2D eigenvalue weighted by Gasteiger charge is -2.12. The summed E-state index contributed by atoms with van der Waals surface area (Å²) in [6.45, 7) is 4.09. The first kappa shape index (κ1) is 18.0. The first-order valence-electron chi connectivity index (χ1n) is 8.07. The molecule has 0 aliphatic rings. The van der Waals surface area contributed by atoms with Crippen LogP contribution >= 0.6 is 11.3 Å². The highest BCUT2D eigenvalue weighted by Crippen LogP contribution is 2.07. The molecule has 3 N–H and O–H groups in total. The SMILES string of the molecule is CCCNC(=O)c1cccc(CNC(=NC)NCc2cccs2)c1. The maximum atomic E-state index is 12.0. The summed E-state index contributed by atoms with van der Waals surface area (Å²) in [7, 11) is 1.75. The molecule has 5 nitrogen and oxygen atoms in total. The summed E-state index contributed by atoms with van der Waals surface area (Å²) in [4.78, 5) is 17.5. The molecule has 0 saturated heterocycles. The number of nitrogens with zero attached hydrogens (tertiary/aromatic N) is 1. The second-order valence-corrected chi connectivity index (χ2v) is 6.35. The highest BCUT2D eigenvalue weighted by Gasteiger charge is 2.06. The number of thiophene rings is 1. The van der Waals surface area contributed by atoms with E-state index in [-0.39, 0.29) is 5.91 Å². The fourth-order valence-corrected chi connectivity index (χ4v) is 2.80. The minimum absolute atomic E-state index is 0.0288. The summed E-state index contributed by atoms with van der Waals surface area (Å²) < 4.78 is 0. The molecule has 0 atom stereocenters. The number of hydrogen-bond donors (Lipinski definition) is 3. The van der Waals surface area contributed by atoms with Gasteiger partial charge in [-0.3, -0.25) is 9.79 Å². The van der Waals surface area contributed by atoms with Crippen molar-refractivity contribution >= 4 is 23.2 Å². The van der Waals surface area contributed by atoms with E-state index in [1.54, 1.807) is 18.4 Å². The molecule has 0 saturated carbocycles. The van der Waals surface area contributed by atoms with E-state index >= 15 is 0 Å². The van der Waals surface area contributed by atoms with Crippen LogP contribution in [0.2, 0.25) is 0 Å². The molecular weight excluding hydrogens is 320 g/mol. The minimum atomic E-state index is -0.0288. The fraction of sp³-hybridized carbons (Fsp3) is 0.333. The third-order valence-electron chi connectivity index (χ3n) is 3.42. The number of carbonyl (C=O) groups is 1. The summed E-state index contributed by atoms with van der Waals surface area (Å²) >= 11 is 1.71. The van der Waals surface area contributed by atoms with E-state index < -0.39 is 0 Å². The molecule has 2 rings (SSSR count). The zero-order chi connectivity index (χ0) is 17.2. The molecule has 1 aromatic heterocycles. The molecule has 0 radical (unpaired) electrons. The Kier molecular flexibility index (Phi) is 7.29. The molecule has 0 spiro atoms. The molecule has 128 valence electrons. The predicted molar refractivity (Wildman–Crippen MR) is 100 cm³/mol. The Bertz CT molecular complexity index is 667. The summed E-state index contributed by atoms with van der Waals surface area (Å²) in [5.74, 6) is 0.711. The van der Waals surface area contributed by atoms with Gasteiger partial charge in [-0.15, -0.1) is 11.3 Å². The Morgan fingerprint density at radius 3 is 2.67 bits per heavy atom. The predicted octanol–water partition coefficient (Wildman–Crippen LogP) is 2.75. The summed E-state index contributed by atoms with van der Waals surface area (Å²) in [6.07, 6.45) is 0.930. The van der Waals surface area contributed by atoms with Gasteiger partial charge in [-0.25, -0.2) is 0 Å². The van der Waals surface area contributed by atoms with Crippen LogP contribution in [0.5, 0.6) is 0 Å². The maximum Gasteiger partial charge on any atom is 0.251 e. The van der Waals surface area contributed by atoms with Crippen LogP contribution in [0.3, 0.4) is 0 Å². The Morgan fingerprint density at radius 2 is 1.96 bits per heavy atom. The Hall–Kier alpha value is -2.34. The van der Waals surface area contributed by atoms with Gasteiger partial charge in [-0.05, 0) is 35.6 Å². The van der Waals surface area contributed by atoms with Gasteiger partial charge >= 0.3 is 0 Å². The molecule has 0 aliphatic carbocycles. The van der Waals surface area contributed by atoms with Crippen molar-refractivity contribution in [3.8, 4) is 0 Å². The molecule has 0 unspecified atom stereocenters. The summed E-state index contributed by atoms with van der Waals surface area (Å²) in [6, 6.07) is 11.8. The van der Waals surface area contributed by atoms with E-state index in [1.165, 1.54) is 4.88 Å². The van der Waals surface area contributed by atoms with Gasteiger partial charge in [0.1, 0.15) is 0 Å². The van der Waals surface area contributed by atoms with Crippen molar-refractivity contribution in [2.24, 2.45) is 4.99 Å². The van der Waals surface area contributed by atoms with E-state index in [9.17, 15) is 4.79 Å². The molecule has 0 bridgehead atoms. The van der Waals surface area contributed by atoms with Gasteiger partial charge in [-0.2, -0.15) is 0 Å². The van der Waals surface area contributed by atoms with Crippen LogP contribution in [0.1, 0.15) is 34.1 Å². The highest BCUT2D eigenvalue weighted by atomic mass is 32.1. The topological polar surface area (TPSA) is 65.5 Å². The van der Waals surface area contributed by atoms with E-state index in [0.717, 1.165) is 24.5 Å². The molecule has 1 aromatic carbocycles. The highest BCUT2D eigenvalue weighted by molar-refractivity contribution is 7.09. The largest absolute Gasteiger partial charge is 0.352 e. The average molecular weight is 344 g/mol. The monoisotopic (exact) mass is 344 g/mol. The Morgan fingerprint density at radius 1 is 1.12 bits per heavy atom. The molecule has 2 aromatic rings. The number of rotatable bonds is 7. The number of guanidine groups is 1. The quantitative estimate of drug-likeness (QED) is 0.534. The summed E-state index contributed by atoms with van der Waals surface area (Å²) in [5, 5.41) is 11.5. The van der Waals surface area contributed by atoms with E-state index in [2.05, 4.69) is 32.4 Å². The van der Waals surface area contributed by atoms with Gasteiger partial charge in [0.05, 0.1) is 6.54 Å². The number of benzene rings is 1. The van der Waals surface area contributed by atoms with E-state index in [0.29, 0.717) is 18.7 Å². The van der Waals surface area contributed by atoms with Gasteiger partial charge in [0.15, 0.2) is 5.96 Å². The van der Waals surface area contributed by atoms with E-state index in [1.807, 2.05) is 37.3 Å². The second kappa shape index (κ2) is 9.72. The van der Waals surface area contributed by atoms with E-state index in [4.69, 9.17) is 0 Å². The van der Waals surface area contributed by atoms with Crippen molar-refractivity contribution in [3.63, 3.8) is 0 Å². The molecule has 0 aliphatic heterocycles. The van der Waals surface area contributed by atoms with Crippen LogP contribution in [-0.4, -0.2) is 25.5 Å². The molecule has 0 fully saturated rings. The smallest absolute Gasteiger partial charge is 0.251 e. The second-order valence-electron chi connectivity index (χ2n) is 5.31. The Balaban J connectivity index is 1.87. The van der Waals surface area contributed by atoms with Crippen LogP contribution in [0.25, 0.3) is 0 Å². The van der Waals surface area contributed by atoms with Crippen molar-refractivity contribution in [1.29, 1.82) is 0 Å². The fourth-order valence-electron chi connectivity index (χ4n) is 2.15. The molecule has 24 heavy (non-hydrogen) atoms. The normalized spacial score (nSPS) is 11.2. The van der Waals surface area contributed by atoms with Crippen LogP contribution < -0.4 is 16.0 Å². The summed E-state index contributed by atoms with van der Waals surface area (Å²) in [5.41, 5.74) is 1.72. The number of hydrogen-bond acceptors (Lipinski definition) is 3. The minimum Gasteiger partial charge on any atom is -0.352 e. The van der Waals surface area contributed by atoms with Crippen molar-refractivity contribution in [2.45, 2.75) is 26.4 Å². The van der Waals surface area contributed by atoms with Crippen LogP contribution in [-0.2, 0) is 13.1 Å². The Labute approximate surface area is 147 Å². The lowest BCUT2D eigenvalue weighted by Crippen LogP contribution is -2.36.